The normalized spacial score (nSPS) is 23.3. The number of ether oxygens (including phenoxy) is 2. The minimum absolute atomic E-state index is 0.0334. The molecule has 6 rings (SSSR count). The minimum atomic E-state index is -1.20. The Morgan fingerprint density at radius 2 is 1.20 bits per heavy atom. The third-order valence-corrected chi connectivity index (χ3v) is 10.0. The molecule has 284 valence electrons. The lowest BCUT2D eigenvalue weighted by atomic mass is 9.94. The lowest BCUT2D eigenvalue weighted by Gasteiger charge is -2.22. The Labute approximate surface area is 314 Å². The number of nitrogens with one attached hydrogen (secondary N) is 4. The first-order valence-corrected chi connectivity index (χ1v) is 18.3. The van der Waals surface area contributed by atoms with Gasteiger partial charge in [-0.3, -0.25) is 19.2 Å². The molecule has 0 spiro atoms. The van der Waals surface area contributed by atoms with Gasteiger partial charge < -0.3 is 35.6 Å². The van der Waals surface area contributed by atoms with Crippen molar-refractivity contribution in [2.75, 3.05) is 26.7 Å². The first-order valence-electron chi connectivity index (χ1n) is 18.3. The third kappa shape index (κ3) is 9.44. The number of hydrogen-bond donors (Lipinski definition) is 4. The average Bonchev–Trinajstić information content (AvgIpc) is 4.07. The molecule has 3 aliphatic rings. The third-order valence-electron chi connectivity index (χ3n) is 10.0. The van der Waals surface area contributed by atoms with Crippen molar-refractivity contribution in [1.29, 1.82) is 0 Å². The van der Waals surface area contributed by atoms with Crippen LogP contribution < -0.4 is 21.3 Å². The molecule has 0 aromatic heterocycles. The summed E-state index contributed by atoms with van der Waals surface area (Å²) in [6, 6.07) is 24.6. The molecule has 1 aliphatic heterocycles. The molecule has 0 radical (unpaired) electrons. The zero-order valence-electron chi connectivity index (χ0n) is 30.9. The molecule has 13 nitrogen and oxygen atoms in total. The van der Waals surface area contributed by atoms with Crippen molar-refractivity contribution in [3.63, 3.8) is 0 Å². The van der Waals surface area contributed by atoms with E-state index in [1.165, 1.54) is 29.2 Å². The van der Waals surface area contributed by atoms with Crippen LogP contribution in [0.5, 0.6) is 0 Å². The maximum absolute atomic E-state index is 13.8. The minimum Gasteiger partial charge on any atom is -0.467 e. The van der Waals surface area contributed by atoms with Crippen molar-refractivity contribution in [3.05, 3.63) is 107 Å². The summed E-state index contributed by atoms with van der Waals surface area (Å²) in [5.74, 6) is -3.23. The van der Waals surface area contributed by atoms with Crippen molar-refractivity contribution in [2.24, 2.45) is 11.8 Å². The fourth-order valence-corrected chi connectivity index (χ4v) is 6.96. The van der Waals surface area contributed by atoms with E-state index in [4.69, 9.17) is 9.47 Å². The van der Waals surface area contributed by atoms with Gasteiger partial charge in [-0.05, 0) is 69.0 Å². The number of carbonyl (C=O) groups excluding carboxylic acids is 6. The van der Waals surface area contributed by atoms with Crippen LogP contribution in [0.25, 0.3) is 0 Å². The molecule has 4 N–H and O–H groups in total. The van der Waals surface area contributed by atoms with Gasteiger partial charge in [-0.1, -0.05) is 60.7 Å². The molecule has 1 heterocycles. The quantitative estimate of drug-likeness (QED) is 0.205. The monoisotopic (exact) mass is 737 g/mol. The van der Waals surface area contributed by atoms with Crippen LogP contribution in [0.4, 0.5) is 4.79 Å². The zero-order valence-corrected chi connectivity index (χ0v) is 30.9. The zero-order chi connectivity index (χ0) is 38.6. The summed E-state index contributed by atoms with van der Waals surface area (Å²) in [4.78, 5) is 80.3. The highest BCUT2D eigenvalue weighted by Crippen LogP contribution is 2.42. The van der Waals surface area contributed by atoms with Crippen LogP contribution in [0.2, 0.25) is 0 Å². The fourth-order valence-electron chi connectivity index (χ4n) is 6.96. The topological polar surface area (TPSA) is 172 Å². The number of esters is 1. The Morgan fingerprint density at radius 1 is 0.722 bits per heavy atom. The summed E-state index contributed by atoms with van der Waals surface area (Å²) in [7, 11) is 1.16. The first kappa shape index (κ1) is 38.0. The number of amides is 5. The predicted molar refractivity (Wildman–Crippen MR) is 198 cm³/mol. The second kappa shape index (κ2) is 16.1. The van der Waals surface area contributed by atoms with Crippen LogP contribution in [0.15, 0.2) is 84.9 Å². The van der Waals surface area contributed by atoms with Gasteiger partial charge in [0, 0.05) is 54.7 Å². The Hall–Kier alpha value is -5.72. The molecular weight excluding hydrogens is 690 g/mol. The van der Waals surface area contributed by atoms with E-state index in [-0.39, 0.29) is 72.4 Å². The lowest BCUT2D eigenvalue weighted by molar-refractivity contribution is -0.143. The number of alkyl carbamates (subject to hydrolysis) is 1. The van der Waals surface area contributed by atoms with E-state index in [1.54, 1.807) is 20.8 Å². The molecule has 5 amide bonds. The molecule has 0 unspecified atom stereocenters. The van der Waals surface area contributed by atoms with Crippen molar-refractivity contribution in [3.8, 4) is 0 Å². The summed E-state index contributed by atoms with van der Waals surface area (Å²) < 4.78 is 9.96. The number of benzene rings is 3. The second-order valence-corrected chi connectivity index (χ2v) is 15.2. The molecule has 13 heteroatoms. The van der Waals surface area contributed by atoms with Gasteiger partial charge in [0.25, 0.3) is 11.8 Å². The van der Waals surface area contributed by atoms with E-state index in [9.17, 15) is 28.8 Å². The van der Waals surface area contributed by atoms with Gasteiger partial charge in [0.05, 0.1) is 18.9 Å². The van der Waals surface area contributed by atoms with Gasteiger partial charge in [-0.2, -0.15) is 0 Å². The van der Waals surface area contributed by atoms with Crippen LogP contribution in [0.1, 0.15) is 77.3 Å². The highest BCUT2D eigenvalue weighted by molar-refractivity contribution is 5.99. The van der Waals surface area contributed by atoms with Gasteiger partial charge in [0.2, 0.25) is 11.8 Å². The lowest BCUT2D eigenvalue weighted by Crippen LogP contribution is -2.50. The summed E-state index contributed by atoms with van der Waals surface area (Å²) >= 11 is 0. The largest absolute Gasteiger partial charge is 0.467 e. The summed E-state index contributed by atoms with van der Waals surface area (Å²) in [6.45, 7) is 4.90. The Balaban J connectivity index is 1.09. The smallest absolute Gasteiger partial charge is 0.408 e. The molecule has 3 aromatic carbocycles. The second-order valence-electron chi connectivity index (χ2n) is 15.2. The number of likely N-dealkylation sites (tertiary alicyclic amines) is 1. The van der Waals surface area contributed by atoms with Crippen LogP contribution in [0.3, 0.4) is 0 Å². The summed E-state index contributed by atoms with van der Waals surface area (Å²) in [5.41, 5.74) is 1.99. The molecule has 2 aliphatic carbocycles. The summed E-state index contributed by atoms with van der Waals surface area (Å²) in [6.07, 6.45) is 0.780. The number of carbonyl (C=O) groups is 6. The number of rotatable bonds is 12. The molecular formula is C41H47N5O8. The van der Waals surface area contributed by atoms with Crippen molar-refractivity contribution in [1.82, 2.24) is 26.2 Å². The fraction of sp³-hybridized carbons (Fsp3) is 0.415. The maximum atomic E-state index is 13.8. The molecule has 0 bridgehead atoms. The average molecular weight is 738 g/mol. The van der Waals surface area contributed by atoms with Crippen LogP contribution >= 0.6 is 0 Å². The number of nitrogens with zero attached hydrogens (tertiary/aromatic N) is 1. The van der Waals surface area contributed by atoms with E-state index in [0.29, 0.717) is 0 Å². The SMILES string of the molecule is COC(=O)[C@H](CNC(=O)c1ccc(C(=O)N2C[C@@H](C(=O)N[C@H]3C[C@@H]3c3ccccc3)[C@H](C(=O)N[C@H]3C[C@@H]3c3ccccc3)C2)cc1)NC(=O)OC(C)(C)C. The Bertz CT molecular complexity index is 1790. The molecule has 1 saturated heterocycles. The van der Waals surface area contributed by atoms with Crippen LogP contribution in [-0.4, -0.2) is 91.1 Å². The molecule has 54 heavy (non-hydrogen) atoms. The highest BCUT2D eigenvalue weighted by atomic mass is 16.6. The van der Waals surface area contributed by atoms with Crippen molar-refractivity contribution < 1.29 is 38.2 Å². The van der Waals surface area contributed by atoms with E-state index in [1.807, 2.05) is 60.7 Å². The number of hydrogen-bond acceptors (Lipinski definition) is 8. The van der Waals surface area contributed by atoms with Gasteiger partial charge in [-0.25, -0.2) is 9.59 Å². The van der Waals surface area contributed by atoms with Crippen LogP contribution in [0, 0.1) is 11.8 Å². The standard InChI is InChI=1S/C41H47N5O8/c1-41(2,3)54-40(52)45-34(39(51)53-4)21-42-35(47)26-15-17-27(18-16-26)38(50)46-22-30(36(48)43-32-19-28(32)24-11-7-5-8-12-24)31(23-46)37(49)44-33-20-29(33)25-13-9-6-10-14-25/h5-18,28-34H,19-23H2,1-4H3,(H,42,47)(H,43,48)(H,44,49)(H,45,52)/t28-,29-,30-,31-,32+,33+,34+/m1/s1. The van der Waals surface area contributed by atoms with E-state index in [2.05, 4.69) is 21.3 Å². The van der Waals surface area contributed by atoms with E-state index < -0.39 is 41.4 Å². The van der Waals surface area contributed by atoms with E-state index >= 15 is 0 Å². The number of methoxy groups -OCH3 is 1. The molecule has 3 fully saturated rings. The van der Waals surface area contributed by atoms with Gasteiger partial charge >= 0.3 is 12.1 Å². The Morgan fingerprint density at radius 3 is 1.67 bits per heavy atom. The molecule has 2 saturated carbocycles. The Kier molecular flexibility index (Phi) is 11.3. The molecule has 7 atom stereocenters. The highest BCUT2D eigenvalue weighted by Gasteiger charge is 2.49. The van der Waals surface area contributed by atoms with Gasteiger partial charge in [0.1, 0.15) is 11.6 Å². The van der Waals surface area contributed by atoms with Gasteiger partial charge in [0.15, 0.2) is 0 Å². The van der Waals surface area contributed by atoms with Crippen molar-refractivity contribution >= 4 is 35.7 Å². The first-order chi connectivity index (χ1) is 25.8. The predicted octanol–water partition coefficient (Wildman–Crippen LogP) is 3.52. The maximum Gasteiger partial charge on any atom is 0.408 e. The van der Waals surface area contributed by atoms with E-state index in [0.717, 1.165) is 31.1 Å². The molecule has 3 aromatic rings. The van der Waals surface area contributed by atoms with Gasteiger partial charge in [-0.15, -0.1) is 0 Å². The summed E-state index contributed by atoms with van der Waals surface area (Å²) in [5, 5.41) is 11.3. The van der Waals surface area contributed by atoms with Crippen molar-refractivity contribution in [2.45, 2.75) is 69.2 Å². The van der Waals surface area contributed by atoms with Crippen LogP contribution in [-0.2, 0) is 23.9 Å².